The van der Waals surface area contributed by atoms with Gasteiger partial charge in [0.2, 0.25) is 0 Å². The third-order valence-corrected chi connectivity index (χ3v) is 2.88. The number of nitrogens with zero attached hydrogens (tertiary/aromatic N) is 1. The minimum Gasteiger partial charge on any atom is -0.480 e. The lowest BCUT2D eigenvalue weighted by atomic mass is 10.2. The van der Waals surface area contributed by atoms with Crippen molar-refractivity contribution >= 4 is 11.9 Å². The van der Waals surface area contributed by atoms with Crippen LogP contribution in [-0.4, -0.2) is 62.6 Å². The number of hydrogen-bond donors (Lipinski definition) is 6. The van der Waals surface area contributed by atoms with Crippen LogP contribution >= 0.6 is 0 Å². The van der Waals surface area contributed by atoms with E-state index in [2.05, 4.69) is 15.6 Å². The summed E-state index contributed by atoms with van der Waals surface area (Å²) < 4.78 is 0. The molecule has 0 radical (unpaired) electrons. The molecule has 9 heteroatoms. The Labute approximate surface area is 126 Å². The van der Waals surface area contributed by atoms with E-state index in [1.807, 2.05) is 0 Å². The largest absolute Gasteiger partial charge is 0.480 e. The number of carbonyl (C=O) groups is 2. The molecule has 0 saturated carbocycles. The van der Waals surface area contributed by atoms with Gasteiger partial charge in [0, 0.05) is 13.1 Å². The van der Waals surface area contributed by atoms with Gasteiger partial charge >= 0.3 is 11.9 Å². The zero-order valence-electron chi connectivity index (χ0n) is 11.8. The Bertz CT molecular complexity index is 469. The molecule has 0 amide bonds. The number of hydrogen-bond acceptors (Lipinski definition) is 7. The maximum Gasteiger partial charge on any atom is 0.323 e. The molecule has 22 heavy (non-hydrogen) atoms. The van der Waals surface area contributed by atoms with Crippen LogP contribution in [-0.2, 0) is 22.7 Å². The van der Waals surface area contributed by atoms with E-state index in [4.69, 9.17) is 20.4 Å². The maximum absolute atomic E-state index is 10.8. The van der Waals surface area contributed by atoms with Gasteiger partial charge in [-0.05, 0) is 12.1 Å². The van der Waals surface area contributed by atoms with Gasteiger partial charge in [-0.2, -0.15) is 0 Å². The quantitative estimate of drug-likeness (QED) is 0.292. The Morgan fingerprint density at radius 2 is 1.36 bits per heavy atom. The molecule has 122 valence electrons. The van der Waals surface area contributed by atoms with Crippen LogP contribution in [0.3, 0.4) is 0 Å². The van der Waals surface area contributed by atoms with E-state index in [1.54, 1.807) is 18.2 Å². The third-order valence-electron chi connectivity index (χ3n) is 2.88. The van der Waals surface area contributed by atoms with Crippen molar-refractivity contribution in [2.75, 3.05) is 13.2 Å². The van der Waals surface area contributed by atoms with Crippen LogP contribution < -0.4 is 10.6 Å². The lowest BCUT2D eigenvalue weighted by Crippen LogP contribution is -2.40. The van der Waals surface area contributed by atoms with Crippen molar-refractivity contribution in [3.05, 3.63) is 29.6 Å². The van der Waals surface area contributed by atoms with E-state index in [9.17, 15) is 9.59 Å². The molecule has 0 unspecified atom stereocenters. The second kappa shape index (κ2) is 9.05. The maximum atomic E-state index is 10.8. The topological polar surface area (TPSA) is 152 Å². The van der Waals surface area contributed by atoms with Crippen molar-refractivity contribution in [1.29, 1.82) is 0 Å². The number of aliphatic hydroxyl groups is 2. The van der Waals surface area contributed by atoms with E-state index in [0.717, 1.165) is 0 Å². The van der Waals surface area contributed by atoms with Crippen molar-refractivity contribution in [1.82, 2.24) is 15.6 Å². The Hall–Kier alpha value is -2.07. The normalized spacial score (nSPS) is 13.5. The first-order chi connectivity index (χ1) is 10.5. The molecular weight excluding hydrogens is 294 g/mol. The van der Waals surface area contributed by atoms with Crippen molar-refractivity contribution in [2.24, 2.45) is 0 Å². The zero-order chi connectivity index (χ0) is 16.5. The molecule has 0 saturated heterocycles. The summed E-state index contributed by atoms with van der Waals surface area (Å²) in [6.07, 6.45) is 0. The van der Waals surface area contributed by atoms with E-state index < -0.39 is 37.2 Å². The van der Waals surface area contributed by atoms with Gasteiger partial charge < -0.3 is 20.4 Å². The molecule has 0 aliphatic carbocycles. The van der Waals surface area contributed by atoms with Crippen LogP contribution in [0.4, 0.5) is 0 Å². The fourth-order valence-electron chi connectivity index (χ4n) is 1.64. The summed E-state index contributed by atoms with van der Waals surface area (Å²) in [5, 5.41) is 40.7. The minimum absolute atomic E-state index is 0.147. The average Bonchev–Trinajstić information content (AvgIpc) is 2.48. The summed E-state index contributed by atoms with van der Waals surface area (Å²) in [5.74, 6) is -2.32. The minimum atomic E-state index is -1.16. The Morgan fingerprint density at radius 3 is 1.68 bits per heavy atom. The molecule has 0 fully saturated rings. The summed E-state index contributed by atoms with van der Waals surface area (Å²) in [6, 6.07) is 2.90. The van der Waals surface area contributed by atoms with Gasteiger partial charge in [-0.15, -0.1) is 0 Å². The lowest BCUT2D eigenvalue weighted by Gasteiger charge is -2.13. The molecule has 0 aliphatic rings. The van der Waals surface area contributed by atoms with Crippen LogP contribution in [0, 0.1) is 0 Å². The first kappa shape index (κ1) is 18.0. The highest BCUT2D eigenvalue weighted by molar-refractivity contribution is 5.73. The van der Waals surface area contributed by atoms with Crippen LogP contribution in [0.15, 0.2) is 18.2 Å². The van der Waals surface area contributed by atoms with Crippen LogP contribution in [0.2, 0.25) is 0 Å². The van der Waals surface area contributed by atoms with Crippen molar-refractivity contribution < 1.29 is 30.0 Å². The van der Waals surface area contributed by atoms with Crippen molar-refractivity contribution in [2.45, 2.75) is 25.2 Å². The molecule has 1 aromatic heterocycles. The summed E-state index contributed by atoms with van der Waals surface area (Å²) in [7, 11) is 0. The zero-order valence-corrected chi connectivity index (χ0v) is 11.8. The molecule has 2 atom stereocenters. The third kappa shape index (κ3) is 5.74. The van der Waals surface area contributed by atoms with Gasteiger partial charge in [-0.1, -0.05) is 6.07 Å². The number of nitrogens with one attached hydrogen (secondary N) is 2. The number of pyridine rings is 1. The molecule has 0 aromatic carbocycles. The van der Waals surface area contributed by atoms with Crippen LogP contribution in [0.5, 0.6) is 0 Å². The van der Waals surface area contributed by atoms with Gasteiger partial charge in [0.05, 0.1) is 24.6 Å². The highest BCUT2D eigenvalue weighted by atomic mass is 16.4. The fraction of sp³-hybridized carbons (Fsp3) is 0.462. The van der Waals surface area contributed by atoms with Crippen LogP contribution in [0.25, 0.3) is 0 Å². The number of aliphatic carboxylic acids is 2. The Morgan fingerprint density at radius 1 is 0.955 bits per heavy atom. The predicted molar refractivity (Wildman–Crippen MR) is 74.9 cm³/mol. The van der Waals surface area contributed by atoms with Crippen molar-refractivity contribution in [3.8, 4) is 0 Å². The second-order valence-corrected chi connectivity index (χ2v) is 4.53. The average molecular weight is 313 g/mol. The molecule has 9 nitrogen and oxygen atoms in total. The van der Waals surface area contributed by atoms with Gasteiger partial charge in [-0.3, -0.25) is 25.2 Å². The van der Waals surface area contributed by atoms with Gasteiger partial charge in [-0.25, -0.2) is 0 Å². The molecule has 1 rings (SSSR count). The standard InChI is InChI=1S/C13H19N3O6/c17-6-10(12(19)20)14-4-8-2-1-3-9(16-8)5-15-11(7-18)13(21)22/h1-3,10-11,14-15,17-18H,4-7H2,(H,19,20)(H,21,22)/t10-,11-/m0/s1. The molecule has 0 spiro atoms. The summed E-state index contributed by atoms with van der Waals surface area (Å²) in [6.45, 7) is -0.776. The van der Waals surface area contributed by atoms with Gasteiger partial charge in [0.25, 0.3) is 0 Å². The number of carboxylic acids is 2. The van der Waals surface area contributed by atoms with Gasteiger partial charge in [0.15, 0.2) is 0 Å². The fourth-order valence-corrected chi connectivity index (χ4v) is 1.64. The number of rotatable bonds is 10. The molecule has 6 N–H and O–H groups in total. The van der Waals surface area contributed by atoms with E-state index in [1.165, 1.54) is 0 Å². The molecule has 1 aromatic rings. The SMILES string of the molecule is O=C(O)[C@H](CO)NCc1cccc(CN[C@@H](CO)C(=O)O)n1. The highest BCUT2D eigenvalue weighted by Crippen LogP contribution is 2.01. The summed E-state index contributed by atoms with van der Waals surface area (Å²) in [5.41, 5.74) is 1.10. The predicted octanol–water partition coefficient (Wildman–Crippen LogP) is -1.85. The number of aromatic nitrogens is 1. The van der Waals surface area contributed by atoms with Gasteiger partial charge in [0.1, 0.15) is 12.1 Å². The molecule has 1 heterocycles. The summed E-state index contributed by atoms with van der Waals surface area (Å²) >= 11 is 0. The second-order valence-electron chi connectivity index (χ2n) is 4.53. The van der Waals surface area contributed by atoms with E-state index in [-0.39, 0.29) is 13.1 Å². The number of aliphatic hydroxyl groups excluding tert-OH is 2. The Balaban J connectivity index is 2.58. The van der Waals surface area contributed by atoms with E-state index in [0.29, 0.717) is 11.4 Å². The summed E-state index contributed by atoms with van der Waals surface area (Å²) in [4.78, 5) is 25.8. The number of carboxylic acid groups (broad SMARTS) is 2. The first-order valence-corrected chi connectivity index (χ1v) is 6.56. The smallest absolute Gasteiger partial charge is 0.323 e. The highest BCUT2D eigenvalue weighted by Gasteiger charge is 2.16. The lowest BCUT2D eigenvalue weighted by molar-refractivity contribution is -0.141. The molecule has 0 bridgehead atoms. The monoisotopic (exact) mass is 313 g/mol. The Kier molecular flexibility index (Phi) is 7.40. The van der Waals surface area contributed by atoms with Crippen molar-refractivity contribution in [3.63, 3.8) is 0 Å². The van der Waals surface area contributed by atoms with E-state index >= 15 is 0 Å². The molecular formula is C13H19N3O6. The molecule has 0 aliphatic heterocycles. The first-order valence-electron chi connectivity index (χ1n) is 6.56. The van der Waals surface area contributed by atoms with Crippen LogP contribution in [0.1, 0.15) is 11.4 Å².